The highest BCUT2D eigenvalue weighted by Gasteiger charge is 2.19. The van der Waals surface area contributed by atoms with E-state index in [4.69, 9.17) is 18.0 Å². The lowest BCUT2D eigenvalue weighted by Crippen LogP contribution is -2.36. The van der Waals surface area contributed by atoms with Crippen LogP contribution in [0.5, 0.6) is 0 Å². The molecule has 1 amide bonds. The van der Waals surface area contributed by atoms with Crippen LogP contribution in [-0.2, 0) is 0 Å². The second-order valence-electron chi connectivity index (χ2n) is 4.93. The Labute approximate surface area is 132 Å². The van der Waals surface area contributed by atoms with Crippen molar-refractivity contribution >= 4 is 50.4 Å². The molecule has 0 bridgehead atoms. The van der Waals surface area contributed by atoms with Gasteiger partial charge in [-0.1, -0.05) is 26.1 Å². The van der Waals surface area contributed by atoms with E-state index < -0.39 is 0 Å². The zero-order valence-electron chi connectivity index (χ0n) is 11.4. The average Bonchev–Trinajstić information content (AvgIpc) is 2.63. The molecule has 0 atom stereocenters. The van der Waals surface area contributed by atoms with E-state index in [1.165, 1.54) is 11.3 Å². The maximum absolute atomic E-state index is 12.5. The van der Waals surface area contributed by atoms with Crippen molar-refractivity contribution in [3.63, 3.8) is 0 Å². The first-order chi connectivity index (χ1) is 8.81. The summed E-state index contributed by atoms with van der Waals surface area (Å²) in [6.45, 7) is 7.48. The molecule has 0 fully saturated rings. The van der Waals surface area contributed by atoms with Gasteiger partial charge in [0.1, 0.15) is 0 Å². The fraction of sp³-hybridized carbons (Fsp3) is 0.538. The number of hydrogen-bond acceptors (Lipinski definition) is 3. The molecule has 0 aromatic carbocycles. The summed E-state index contributed by atoms with van der Waals surface area (Å²) in [4.78, 5) is 15.5. The van der Waals surface area contributed by atoms with Crippen molar-refractivity contribution in [3.05, 3.63) is 20.3 Å². The van der Waals surface area contributed by atoms with Gasteiger partial charge in [-0.15, -0.1) is 11.3 Å². The molecule has 19 heavy (non-hydrogen) atoms. The lowest BCUT2D eigenvalue weighted by atomic mass is 10.2. The number of thiocarbonyl (C=S) groups is 1. The van der Waals surface area contributed by atoms with Crippen LogP contribution >= 0.6 is 39.5 Å². The van der Waals surface area contributed by atoms with Crippen LogP contribution in [0.2, 0.25) is 0 Å². The topological polar surface area (TPSA) is 46.3 Å². The SMILES string of the molecule is Cc1cc(C(=O)N(CCC(N)=S)CC(C)C)sc1Br. The van der Waals surface area contributed by atoms with Crippen LogP contribution in [0.3, 0.4) is 0 Å². The molecule has 1 aromatic heterocycles. The molecular formula is C13H19BrN2OS2. The van der Waals surface area contributed by atoms with Crippen molar-refractivity contribution in [2.24, 2.45) is 11.7 Å². The molecule has 0 aliphatic rings. The van der Waals surface area contributed by atoms with Crippen molar-refractivity contribution in [3.8, 4) is 0 Å². The van der Waals surface area contributed by atoms with E-state index in [9.17, 15) is 4.79 Å². The Kier molecular flexibility index (Phi) is 6.42. The minimum Gasteiger partial charge on any atom is -0.393 e. The summed E-state index contributed by atoms with van der Waals surface area (Å²) in [7, 11) is 0. The zero-order chi connectivity index (χ0) is 14.6. The number of thiophene rings is 1. The van der Waals surface area contributed by atoms with Crippen LogP contribution in [0.4, 0.5) is 0 Å². The van der Waals surface area contributed by atoms with E-state index in [1.807, 2.05) is 17.9 Å². The van der Waals surface area contributed by atoms with Gasteiger partial charge in [-0.25, -0.2) is 0 Å². The first kappa shape index (κ1) is 16.6. The first-order valence-corrected chi connectivity index (χ1v) is 8.16. The third-order valence-electron chi connectivity index (χ3n) is 2.57. The highest BCUT2D eigenvalue weighted by atomic mass is 79.9. The van der Waals surface area contributed by atoms with Gasteiger partial charge >= 0.3 is 0 Å². The van der Waals surface area contributed by atoms with Crippen LogP contribution in [-0.4, -0.2) is 28.9 Å². The Balaban J connectivity index is 2.83. The number of carbonyl (C=O) groups excluding carboxylic acids is 1. The van der Waals surface area contributed by atoms with Crippen LogP contribution in [0.25, 0.3) is 0 Å². The number of nitrogens with zero attached hydrogens (tertiary/aromatic N) is 1. The van der Waals surface area contributed by atoms with E-state index in [2.05, 4.69) is 29.8 Å². The van der Waals surface area contributed by atoms with Gasteiger partial charge < -0.3 is 10.6 Å². The molecule has 0 aliphatic heterocycles. The third kappa shape index (κ3) is 5.20. The molecule has 3 nitrogen and oxygen atoms in total. The van der Waals surface area contributed by atoms with E-state index in [1.54, 1.807) is 0 Å². The Morgan fingerprint density at radius 2 is 2.21 bits per heavy atom. The number of carbonyl (C=O) groups is 1. The van der Waals surface area contributed by atoms with Gasteiger partial charge in [0.2, 0.25) is 0 Å². The molecule has 1 aromatic rings. The second-order valence-corrected chi connectivity index (χ2v) is 7.82. The minimum absolute atomic E-state index is 0.0590. The van der Waals surface area contributed by atoms with Gasteiger partial charge in [-0.05, 0) is 40.4 Å². The quantitative estimate of drug-likeness (QED) is 0.786. The fourth-order valence-corrected chi connectivity index (χ4v) is 3.28. The molecule has 106 valence electrons. The Bertz CT molecular complexity index is 452. The summed E-state index contributed by atoms with van der Waals surface area (Å²) < 4.78 is 1.01. The molecule has 6 heteroatoms. The summed E-state index contributed by atoms with van der Waals surface area (Å²) in [5.41, 5.74) is 6.62. The highest BCUT2D eigenvalue weighted by molar-refractivity contribution is 9.11. The van der Waals surface area contributed by atoms with Crippen LogP contribution < -0.4 is 5.73 Å². The van der Waals surface area contributed by atoms with Crippen molar-refractivity contribution in [2.45, 2.75) is 27.2 Å². The molecule has 0 saturated carbocycles. The normalized spacial score (nSPS) is 10.8. The van der Waals surface area contributed by atoms with Gasteiger partial charge in [-0.2, -0.15) is 0 Å². The average molecular weight is 363 g/mol. The van der Waals surface area contributed by atoms with E-state index in [0.717, 1.165) is 20.8 Å². The molecule has 0 aliphatic carbocycles. The number of rotatable bonds is 6. The lowest BCUT2D eigenvalue weighted by molar-refractivity contribution is 0.0746. The fourth-order valence-electron chi connectivity index (χ4n) is 1.68. The summed E-state index contributed by atoms with van der Waals surface area (Å²) in [6, 6.07) is 1.92. The summed E-state index contributed by atoms with van der Waals surface area (Å²) in [5, 5.41) is 0. The smallest absolute Gasteiger partial charge is 0.263 e. The molecule has 0 radical (unpaired) electrons. The molecule has 1 heterocycles. The third-order valence-corrected chi connectivity index (χ3v) is 4.90. The number of hydrogen-bond donors (Lipinski definition) is 1. The summed E-state index contributed by atoms with van der Waals surface area (Å²) in [6.07, 6.45) is 0.569. The number of halogens is 1. The monoisotopic (exact) mass is 362 g/mol. The predicted molar refractivity (Wildman–Crippen MR) is 88.9 cm³/mol. The van der Waals surface area contributed by atoms with E-state index >= 15 is 0 Å². The largest absolute Gasteiger partial charge is 0.393 e. The maximum atomic E-state index is 12.5. The summed E-state index contributed by atoms with van der Waals surface area (Å²) in [5.74, 6) is 0.476. The number of aryl methyl sites for hydroxylation is 1. The number of nitrogens with two attached hydrogens (primary N) is 1. The number of amides is 1. The Morgan fingerprint density at radius 1 is 1.58 bits per heavy atom. The van der Waals surface area contributed by atoms with Crippen molar-refractivity contribution in [2.75, 3.05) is 13.1 Å². The first-order valence-electron chi connectivity index (χ1n) is 6.14. The van der Waals surface area contributed by atoms with E-state index in [-0.39, 0.29) is 5.91 Å². The highest BCUT2D eigenvalue weighted by Crippen LogP contribution is 2.28. The molecule has 0 unspecified atom stereocenters. The van der Waals surface area contributed by atoms with Crippen molar-refractivity contribution in [1.29, 1.82) is 0 Å². The van der Waals surface area contributed by atoms with Gasteiger partial charge in [0.15, 0.2) is 0 Å². The van der Waals surface area contributed by atoms with Crippen LogP contribution in [0.15, 0.2) is 9.85 Å². The second kappa shape index (κ2) is 7.36. The van der Waals surface area contributed by atoms with Gasteiger partial charge in [-0.3, -0.25) is 4.79 Å². The van der Waals surface area contributed by atoms with Crippen LogP contribution in [0.1, 0.15) is 35.5 Å². The van der Waals surface area contributed by atoms with Gasteiger partial charge in [0.25, 0.3) is 5.91 Å². The van der Waals surface area contributed by atoms with Gasteiger partial charge in [0, 0.05) is 19.5 Å². The predicted octanol–water partition coefficient (Wildman–Crippen LogP) is 3.59. The standard InChI is InChI=1S/C13H19BrN2OS2/c1-8(2)7-16(5-4-11(15)18)13(17)10-6-9(3)12(14)19-10/h6,8H,4-5,7H2,1-3H3,(H2,15,18). The summed E-state index contributed by atoms with van der Waals surface area (Å²) >= 11 is 9.82. The zero-order valence-corrected chi connectivity index (χ0v) is 14.6. The maximum Gasteiger partial charge on any atom is 0.263 e. The van der Waals surface area contributed by atoms with Crippen molar-refractivity contribution in [1.82, 2.24) is 4.90 Å². The van der Waals surface area contributed by atoms with Gasteiger partial charge in [0.05, 0.1) is 13.7 Å². The minimum atomic E-state index is 0.0590. The molecule has 0 saturated heterocycles. The molecular weight excluding hydrogens is 344 g/mol. The van der Waals surface area contributed by atoms with Crippen molar-refractivity contribution < 1.29 is 4.79 Å². The molecule has 2 N–H and O–H groups in total. The van der Waals surface area contributed by atoms with Crippen LogP contribution in [0, 0.1) is 12.8 Å². The molecule has 1 rings (SSSR count). The Morgan fingerprint density at radius 3 is 2.63 bits per heavy atom. The van der Waals surface area contributed by atoms with E-state index in [0.29, 0.717) is 23.9 Å². The molecule has 0 spiro atoms. The lowest BCUT2D eigenvalue weighted by Gasteiger charge is -2.23. The Hall–Kier alpha value is -0.460.